The molecule has 0 saturated carbocycles. The number of carbonyl (C=O) groups excluding carboxylic acids is 2. The Kier molecular flexibility index (Phi) is 6.94. The van der Waals surface area contributed by atoms with E-state index in [1.54, 1.807) is 54.6 Å². The molecule has 0 aliphatic heterocycles. The first-order chi connectivity index (χ1) is 13.5. The van der Waals surface area contributed by atoms with Crippen molar-refractivity contribution in [3.8, 4) is 5.75 Å². The number of carbonyl (C=O) groups is 2. The van der Waals surface area contributed by atoms with Gasteiger partial charge in [0, 0.05) is 8.04 Å². The summed E-state index contributed by atoms with van der Waals surface area (Å²) in [6.07, 6.45) is 1.52. The largest absolute Gasteiger partial charge is 0.423 e. The van der Waals surface area contributed by atoms with E-state index in [-0.39, 0.29) is 5.91 Å². The molecule has 1 N–H and O–H groups in total. The minimum absolute atomic E-state index is 0.277. The Hall–Kier alpha value is -2.52. The fourth-order valence-electron chi connectivity index (χ4n) is 2.27. The fraction of sp³-hybridized carbons (Fsp3) is 0. The van der Waals surface area contributed by atoms with Crippen LogP contribution in [0.15, 0.2) is 82.4 Å². The normalized spacial score (nSPS) is 10.6. The lowest BCUT2D eigenvalue weighted by atomic mass is 10.2. The molecule has 0 aliphatic carbocycles. The Labute approximate surface area is 184 Å². The van der Waals surface area contributed by atoms with Crippen LogP contribution < -0.4 is 10.2 Å². The highest BCUT2D eigenvalue weighted by Crippen LogP contribution is 2.16. The average Bonchev–Trinajstić information content (AvgIpc) is 2.69. The molecule has 7 heteroatoms. The molecule has 0 aromatic heterocycles. The zero-order chi connectivity index (χ0) is 19.9. The number of nitrogens with zero attached hydrogens (tertiary/aromatic N) is 1. The third-order valence-corrected chi connectivity index (χ3v) is 5.08. The predicted molar refractivity (Wildman–Crippen MR) is 120 cm³/mol. The quantitative estimate of drug-likeness (QED) is 0.160. The van der Waals surface area contributed by atoms with Crippen molar-refractivity contribution in [3.63, 3.8) is 0 Å². The molecule has 0 aliphatic rings. The number of rotatable bonds is 5. The zero-order valence-corrected chi connectivity index (χ0v) is 18.2. The standard InChI is InChI=1S/C21H14BrIN2O3/c22-16-5-3-4-15(12-16)21(27)28-17-10-8-14(9-11-17)13-24-25-20(26)18-6-1-2-7-19(18)23/h1-13H,(H,25,26). The number of benzene rings is 3. The monoisotopic (exact) mass is 548 g/mol. The molecule has 3 aromatic carbocycles. The summed E-state index contributed by atoms with van der Waals surface area (Å²) in [5, 5.41) is 3.97. The van der Waals surface area contributed by atoms with Crippen molar-refractivity contribution in [3.05, 3.63) is 97.5 Å². The van der Waals surface area contributed by atoms with Crippen molar-refractivity contribution < 1.29 is 14.3 Å². The number of nitrogens with one attached hydrogen (secondary N) is 1. The molecule has 0 atom stereocenters. The van der Waals surface area contributed by atoms with Crippen LogP contribution in [0.4, 0.5) is 0 Å². The number of hydrogen-bond donors (Lipinski definition) is 1. The zero-order valence-electron chi connectivity index (χ0n) is 14.4. The number of esters is 1. The molecule has 0 spiro atoms. The van der Waals surface area contributed by atoms with Crippen LogP contribution in [0, 0.1) is 3.57 Å². The van der Waals surface area contributed by atoms with Crippen LogP contribution in [-0.4, -0.2) is 18.1 Å². The number of ether oxygens (including phenoxy) is 1. The molecule has 140 valence electrons. The van der Waals surface area contributed by atoms with Gasteiger partial charge in [-0.1, -0.05) is 34.1 Å². The van der Waals surface area contributed by atoms with Gasteiger partial charge in [0.25, 0.3) is 5.91 Å². The molecule has 28 heavy (non-hydrogen) atoms. The first kappa shape index (κ1) is 20.2. The van der Waals surface area contributed by atoms with Crippen LogP contribution >= 0.6 is 38.5 Å². The van der Waals surface area contributed by atoms with E-state index in [1.165, 1.54) is 6.21 Å². The lowest BCUT2D eigenvalue weighted by Gasteiger charge is -2.05. The molecule has 0 saturated heterocycles. The van der Waals surface area contributed by atoms with E-state index in [2.05, 4.69) is 49.0 Å². The summed E-state index contributed by atoms with van der Waals surface area (Å²) in [6, 6.07) is 21.1. The molecule has 3 aromatic rings. The number of halogens is 2. The molecular weight excluding hydrogens is 535 g/mol. The van der Waals surface area contributed by atoms with Gasteiger partial charge in [-0.25, -0.2) is 10.2 Å². The van der Waals surface area contributed by atoms with E-state index < -0.39 is 5.97 Å². The Bertz CT molecular complexity index is 1040. The lowest BCUT2D eigenvalue weighted by Crippen LogP contribution is -2.18. The first-order valence-electron chi connectivity index (χ1n) is 8.19. The second-order valence-corrected chi connectivity index (χ2v) is 7.73. The van der Waals surface area contributed by atoms with E-state index in [0.29, 0.717) is 16.9 Å². The molecule has 0 radical (unpaired) electrons. The molecular formula is C21H14BrIN2O3. The van der Waals surface area contributed by atoms with E-state index >= 15 is 0 Å². The summed E-state index contributed by atoms with van der Waals surface area (Å²) < 4.78 is 7.01. The first-order valence-corrected chi connectivity index (χ1v) is 10.1. The van der Waals surface area contributed by atoms with Crippen LogP contribution in [0.25, 0.3) is 0 Å². The van der Waals surface area contributed by atoms with Crippen molar-refractivity contribution in [2.24, 2.45) is 5.10 Å². The minimum Gasteiger partial charge on any atom is -0.423 e. The van der Waals surface area contributed by atoms with Crippen LogP contribution in [0.3, 0.4) is 0 Å². The smallest absolute Gasteiger partial charge is 0.343 e. The Morgan fingerprint density at radius 3 is 2.46 bits per heavy atom. The Balaban J connectivity index is 1.58. The summed E-state index contributed by atoms with van der Waals surface area (Å²) in [5.74, 6) is -0.293. The molecule has 1 amide bonds. The summed E-state index contributed by atoms with van der Waals surface area (Å²) in [6.45, 7) is 0. The van der Waals surface area contributed by atoms with Gasteiger partial charge in [0.1, 0.15) is 5.75 Å². The maximum absolute atomic E-state index is 12.1. The highest BCUT2D eigenvalue weighted by Gasteiger charge is 2.09. The van der Waals surface area contributed by atoms with Crippen LogP contribution in [-0.2, 0) is 0 Å². The van der Waals surface area contributed by atoms with Gasteiger partial charge in [-0.2, -0.15) is 5.10 Å². The third-order valence-electron chi connectivity index (χ3n) is 3.65. The summed E-state index contributed by atoms with van der Waals surface area (Å²) in [7, 11) is 0. The fourth-order valence-corrected chi connectivity index (χ4v) is 3.31. The maximum Gasteiger partial charge on any atom is 0.343 e. The molecule has 0 heterocycles. The number of hydrazone groups is 1. The van der Waals surface area contributed by atoms with Crippen LogP contribution in [0.5, 0.6) is 5.75 Å². The van der Waals surface area contributed by atoms with E-state index in [9.17, 15) is 9.59 Å². The van der Waals surface area contributed by atoms with Crippen LogP contribution in [0.1, 0.15) is 26.3 Å². The van der Waals surface area contributed by atoms with Gasteiger partial charge in [-0.3, -0.25) is 4.79 Å². The topological polar surface area (TPSA) is 67.8 Å². The van der Waals surface area contributed by atoms with Gasteiger partial charge < -0.3 is 4.74 Å². The molecule has 0 bridgehead atoms. The second-order valence-electron chi connectivity index (χ2n) is 5.65. The van der Waals surface area contributed by atoms with Crippen LogP contribution in [0.2, 0.25) is 0 Å². The predicted octanol–water partition coefficient (Wildman–Crippen LogP) is 5.04. The molecule has 3 rings (SSSR count). The van der Waals surface area contributed by atoms with Gasteiger partial charge >= 0.3 is 5.97 Å². The summed E-state index contributed by atoms with van der Waals surface area (Å²) in [4.78, 5) is 24.2. The Morgan fingerprint density at radius 1 is 1.00 bits per heavy atom. The Morgan fingerprint density at radius 2 is 1.75 bits per heavy atom. The van der Waals surface area contributed by atoms with E-state index in [1.807, 2.05) is 18.2 Å². The maximum atomic E-state index is 12.1. The van der Waals surface area contributed by atoms with Crippen molar-refractivity contribution >= 4 is 56.6 Å². The lowest BCUT2D eigenvalue weighted by molar-refractivity contribution is 0.0734. The minimum atomic E-state index is -0.438. The molecule has 0 fully saturated rings. The number of hydrogen-bond acceptors (Lipinski definition) is 4. The van der Waals surface area contributed by atoms with Crippen molar-refractivity contribution in [1.82, 2.24) is 5.43 Å². The van der Waals surface area contributed by atoms with E-state index in [4.69, 9.17) is 4.74 Å². The third kappa shape index (κ3) is 5.49. The van der Waals surface area contributed by atoms with Crippen molar-refractivity contribution in [2.75, 3.05) is 0 Å². The van der Waals surface area contributed by atoms with E-state index in [0.717, 1.165) is 13.6 Å². The summed E-state index contributed by atoms with van der Waals surface area (Å²) in [5.41, 5.74) is 4.27. The van der Waals surface area contributed by atoms with Crippen molar-refractivity contribution in [1.29, 1.82) is 0 Å². The molecule has 5 nitrogen and oxygen atoms in total. The van der Waals surface area contributed by atoms with Gasteiger partial charge in [0.2, 0.25) is 0 Å². The second kappa shape index (κ2) is 9.61. The number of amides is 1. The average molecular weight is 549 g/mol. The highest BCUT2D eigenvalue weighted by atomic mass is 127. The SMILES string of the molecule is O=C(Oc1ccc(C=NNC(=O)c2ccccc2I)cc1)c1cccc(Br)c1. The highest BCUT2D eigenvalue weighted by molar-refractivity contribution is 14.1. The van der Waals surface area contributed by atoms with Gasteiger partial charge in [0.15, 0.2) is 0 Å². The van der Waals surface area contributed by atoms with Gasteiger partial charge in [0.05, 0.1) is 17.3 Å². The van der Waals surface area contributed by atoms with Gasteiger partial charge in [-0.15, -0.1) is 0 Å². The molecule has 0 unspecified atom stereocenters. The van der Waals surface area contributed by atoms with Crippen molar-refractivity contribution in [2.45, 2.75) is 0 Å². The van der Waals surface area contributed by atoms with Gasteiger partial charge in [-0.05, 0) is 82.8 Å². The summed E-state index contributed by atoms with van der Waals surface area (Å²) >= 11 is 5.43.